The molecular formula is C17H19FN2O. The van der Waals surface area contributed by atoms with Crippen molar-refractivity contribution >= 4 is 11.6 Å². The lowest BCUT2D eigenvalue weighted by Crippen LogP contribution is -2.31. The summed E-state index contributed by atoms with van der Waals surface area (Å²) in [7, 11) is 0. The lowest BCUT2D eigenvalue weighted by atomic mass is 9.94. The molecule has 0 fully saturated rings. The lowest BCUT2D eigenvalue weighted by molar-refractivity contribution is -0.120. The van der Waals surface area contributed by atoms with Crippen molar-refractivity contribution in [3.63, 3.8) is 0 Å². The highest BCUT2D eigenvalue weighted by atomic mass is 19.1. The molecule has 2 aromatic carbocycles. The number of para-hydroxylation sites is 1. The highest BCUT2D eigenvalue weighted by Crippen LogP contribution is 2.23. The van der Waals surface area contributed by atoms with E-state index in [0.717, 1.165) is 5.56 Å². The molecule has 0 aliphatic heterocycles. The summed E-state index contributed by atoms with van der Waals surface area (Å²) in [6.45, 7) is 3.49. The van der Waals surface area contributed by atoms with Crippen molar-refractivity contribution in [3.8, 4) is 0 Å². The van der Waals surface area contributed by atoms with E-state index in [-0.39, 0.29) is 11.6 Å². The van der Waals surface area contributed by atoms with E-state index in [9.17, 15) is 9.18 Å². The van der Waals surface area contributed by atoms with E-state index in [1.54, 1.807) is 26.0 Å². The molecule has 4 heteroatoms. The molecule has 0 saturated heterocycles. The fourth-order valence-corrected chi connectivity index (χ4v) is 2.15. The molecule has 3 N–H and O–H groups in total. The van der Waals surface area contributed by atoms with Gasteiger partial charge in [-0.05, 0) is 24.1 Å². The number of carbonyl (C=O) groups excluding carboxylic acids is 1. The number of carbonyl (C=O) groups is 1. The first kappa shape index (κ1) is 15.2. The van der Waals surface area contributed by atoms with E-state index in [1.807, 2.05) is 30.3 Å². The van der Waals surface area contributed by atoms with Crippen molar-refractivity contribution in [2.45, 2.75) is 19.9 Å². The van der Waals surface area contributed by atoms with Gasteiger partial charge in [-0.2, -0.15) is 0 Å². The number of amides is 1. The van der Waals surface area contributed by atoms with Crippen molar-refractivity contribution in [1.82, 2.24) is 0 Å². The first-order chi connectivity index (χ1) is 10.0. The fourth-order valence-electron chi connectivity index (χ4n) is 2.15. The summed E-state index contributed by atoms with van der Waals surface area (Å²) >= 11 is 0. The van der Waals surface area contributed by atoms with Crippen LogP contribution < -0.4 is 11.1 Å². The Hall–Kier alpha value is -2.20. The van der Waals surface area contributed by atoms with Gasteiger partial charge >= 0.3 is 0 Å². The number of nitrogens with one attached hydrogen (secondary N) is 1. The summed E-state index contributed by atoms with van der Waals surface area (Å²) in [4.78, 5) is 12.3. The first-order valence-electron chi connectivity index (χ1n) is 6.87. The van der Waals surface area contributed by atoms with Crippen LogP contribution in [0.4, 0.5) is 10.1 Å². The van der Waals surface area contributed by atoms with Gasteiger partial charge < -0.3 is 11.1 Å². The van der Waals surface area contributed by atoms with Crippen molar-refractivity contribution < 1.29 is 9.18 Å². The highest BCUT2D eigenvalue weighted by molar-refractivity contribution is 5.93. The van der Waals surface area contributed by atoms with Crippen LogP contribution in [0.5, 0.6) is 0 Å². The quantitative estimate of drug-likeness (QED) is 0.905. The molecule has 0 aromatic heterocycles. The van der Waals surface area contributed by atoms with Gasteiger partial charge in [0.1, 0.15) is 5.82 Å². The zero-order valence-electron chi connectivity index (χ0n) is 12.1. The van der Waals surface area contributed by atoms with Gasteiger partial charge in [-0.1, -0.05) is 49.4 Å². The summed E-state index contributed by atoms with van der Waals surface area (Å²) < 4.78 is 13.8. The van der Waals surface area contributed by atoms with Gasteiger partial charge in [0, 0.05) is 6.04 Å². The molecule has 21 heavy (non-hydrogen) atoms. The molecular weight excluding hydrogens is 267 g/mol. The molecule has 2 atom stereocenters. The summed E-state index contributed by atoms with van der Waals surface area (Å²) in [6.07, 6.45) is 0. The predicted octanol–water partition coefficient (Wildman–Crippen LogP) is 3.41. The predicted molar refractivity (Wildman–Crippen MR) is 82.3 cm³/mol. The van der Waals surface area contributed by atoms with E-state index < -0.39 is 17.8 Å². The van der Waals surface area contributed by atoms with Crippen molar-refractivity contribution in [3.05, 3.63) is 65.5 Å². The molecule has 0 bridgehead atoms. The second-order valence-electron chi connectivity index (χ2n) is 5.15. The summed E-state index contributed by atoms with van der Waals surface area (Å²) in [5.74, 6) is -1.20. The smallest absolute Gasteiger partial charge is 0.229 e. The molecule has 0 saturated carbocycles. The zero-order chi connectivity index (χ0) is 15.4. The number of halogens is 1. The molecule has 0 spiro atoms. The summed E-state index contributed by atoms with van der Waals surface area (Å²) in [6, 6.07) is 13.7. The molecule has 0 aliphatic carbocycles. The molecule has 2 aromatic rings. The second-order valence-corrected chi connectivity index (χ2v) is 5.15. The Kier molecular flexibility index (Phi) is 4.70. The first-order valence-corrected chi connectivity index (χ1v) is 6.87. The number of benzene rings is 2. The third kappa shape index (κ3) is 3.47. The Balaban J connectivity index is 2.13. The summed E-state index contributed by atoms with van der Waals surface area (Å²) in [5, 5.41) is 2.63. The third-order valence-electron chi connectivity index (χ3n) is 3.61. The molecule has 110 valence electrons. The molecule has 0 heterocycles. The van der Waals surface area contributed by atoms with Crippen LogP contribution in [0.3, 0.4) is 0 Å². The van der Waals surface area contributed by atoms with Crippen LogP contribution >= 0.6 is 0 Å². The van der Waals surface area contributed by atoms with Crippen LogP contribution in [0.25, 0.3) is 0 Å². The monoisotopic (exact) mass is 286 g/mol. The average molecular weight is 286 g/mol. The maximum atomic E-state index is 13.8. The summed E-state index contributed by atoms with van der Waals surface area (Å²) in [5.41, 5.74) is 7.90. The number of aryl methyl sites for hydroxylation is 1. The van der Waals surface area contributed by atoms with Crippen molar-refractivity contribution in [1.29, 1.82) is 0 Å². The fraction of sp³-hybridized carbons (Fsp3) is 0.235. The topological polar surface area (TPSA) is 55.1 Å². The molecule has 1 amide bonds. The van der Waals surface area contributed by atoms with Crippen LogP contribution in [0.2, 0.25) is 0 Å². The molecule has 0 radical (unpaired) electrons. The van der Waals surface area contributed by atoms with Crippen LogP contribution in [0, 0.1) is 18.7 Å². The van der Waals surface area contributed by atoms with Crippen molar-refractivity contribution in [2.75, 3.05) is 5.32 Å². The molecule has 0 aliphatic rings. The number of hydrogen-bond donors (Lipinski definition) is 2. The Labute approximate surface area is 124 Å². The third-order valence-corrected chi connectivity index (χ3v) is 3.61. The van der Waals surface area contributed by atoms with E-state index in [4.69, 9.17) is 5.73 Å². The standard InChI is InChI=1S/C17H19FN2O/c1-11-7-6-10-14(18)16(11)20-17(21)12(2)15(19)13-8-4-3-5-9-13/h3-10,12,15H,19H2,1-2H3,(H,20,21). The minimum absolute atomic E-state index is 0.217. The number of rotatable bonds is 4. The van der Waals surface area contributed by atoms with Crippen LogP contribution in [0.1, 0.15) is 24.1 Å². The second kappa shape index (κ2) is 6.50. The molecule has 2 unspecified atom stereocenters. The Morgan fingerprint density at radius 3 is 2.43 bits per heavy atom. The van der Waals surface area contributed by atoms with Gasteiger partial charge in [0.05, 0.1) is 11.6 Å². The number of nitrogens with two attached hydrogens (primary N) is 1. The minimum Gasteiger partial charge on any atom is -0.323 e. The van der Waals surface area contributed by atoms with E-state index in [0.29, 0.717) is 5.56 Å². The van der Waals surface area contributed by atoms with Crippen LogP contribution in [-0.2, 0) is 4.79 Å². The SMILES string of the molecule is Cc1cccc(F)c1NC(=O)C(C)C(N)c1ccccc1. The van der Waals surface area contributed by atoms with E-state index in [2.05, 4.69) is 5.32 Å². The van der Waals surface area contributed by atoms with Gasteiger partial charge in [-0.3, -0.25) is 4.79 Å². The van der Waals surface area contributed by atoms with Gasteiger partial charge in [0.25, 0.3) is 0 Å². The zero-order valence-corrected chi connectivity index (χ0v) is 12.1. The van der Waals surface area contributed by atoms with Gasteiger partial charge in [0.15, 0.2) is 0 Å². The number of anilines is 1. The Morgan fingerprint density at radius 1 is 1.14 bits per heavy atom. The van der Waals surface area contributed by atoms with Crippen LogP contribution in [-0.4, -0.2) is 5.91 Å². The Bertz CT molecular complexity index is 608. The van der Waals surface area contributed by atoms with Gasteiger partial charge in [-0.15, -0.1) is 0 Å². The normalized spacial score (nSPS) is 13.5. The average Bonchev–Trinajstić information content (AvgIpc) is 2.50. The largest absolute Gasteiger partial charge is 0.323 e. The maximum Gasteiger partial charge on any atom is 0.229 e. The van der Waals surface area contributed by atoms with Gasteiger partial charge in [-0.25, -0.2) is 4.39 Å². The van der Waals surface area contributed by atoms with Crippen molar-refractivity contribution in [2.24, 2.45) is 11.7 Å². The highest BCUT2D eigenvalue weighted by Gasteiger charge is 2.23. The van der Waals surface area contributed by atoms with E-state index >= 15 is 0 Å². The van der Waals surface area contributed by atoms with Gasteiger partial charge in [0.2, 0.25) is 5.91 Å². The van der Waals surface area contributed by atoms with E-state index in [1.165, 1.54) is 6.07 Å². The maximum absolute atomic E-state index is 13.8. The number of hydrogen-bond acceptors (Lipinski definition) is 2. The van der Waals surface area contributed by atoms with Crippen LogP contribution in [0.15, 0.2) is 48.5 Å². The lowest BCUT2D eigenvalue weighted by Gasteiger charge is -2.20. The Morgan fingerprint density at radius 2 is 1.81 bits per heavy atom. The molecule has 2 rings (SSSR count). The minimum atomic E-state index is -0.466. The molecule has 3 nitrogen and oxygen atoms in total.